The summed E-state index contributed by atoms with van der Waals surface area (Å²) in [5.41, 5.74) is 2.86. The van der Waals surface area contributed by atoms with Gasteiger partial charge < -0.3 is 20.7 Å². The van der Waals surface area contributed by atoms with Gasteiger partial charge in [0.1, 0.15) is 5.82 Å². The number of aryl methyl sites for hydroxylation is 1. The van der Waals surface area contributed by atoms with Gasteiger partial charge in [0.25, 0.3) is 0 Å². The summed E-state index contributed by atoms with van der Waals surface area (Å²) in [6.07, 6.45) is 0.254. The monoisotopic (exact) mass is 318 g/mol. The minimum absolute atomic E-state index is 0.151. The van der Waals surface area contributed by atoms with E-state index in [9.17, 15) is 9.90 Å². The molecule has 0 fully saturated rings. The second kappa shape index (κ2) is 7.00. The first-order valence-electron chi connectivity index (χ1n) is 7.91. The molecule has 2 rings (SSSR count). The molecule has 1 aromatic heterocycles. The van der Waals surface area contributed by atoms with Gasteiger partial charge in [0.2, 0.25) is 0 Å². The molecule has 4 N–H and O–H groups in total. The number of aromatic nitrogens is 2. The normalized spacial score (nSPS) is 13.1. The third-order valence-electron chi connectivity index (χ3n) is 3.76. The van der Waals surface area contributed by atoms with Gasteiger partial charge in [-0.05, 0) is 37.3 Å². The fourth-order valence-electron chi connectivity index (χ4n) is 2.73. The molecule has 0 radical (unpaired) electrons. The fourth-order valence-corrected chi connectivity index (χ4v) is 2.73. The van der Waals surface area contributed by atoms with Gasteiger partial charge in [-0.1, -0.05) is 26.0 Å². The number of aromatic amines is 1. The predicted molar refractivity (Wildman–Crippen MR) is 91.1 cm³/mol. The molecular weight excluding hydrogens is 292 g/mol. The Morgan fingerprint density at radius 2 is 2.13 bits per heavy atom. The van der Waals surface area contributed by atoms with Gasteiger partial charge in [-0.3, -0.25) is 0 Å². The lowest BCUT2D eigenvalue weighted by molar-refractivity contribution is 0.129. The zero-order chi connectivity index (χ0) is 17.0. The zero-order valence-electron chi connectivity index (χ0n) is 14.2. The molecule has 1 atom stereocenters. The predicted octanol–water partition coefficient (Wildman–Crippen LogP) is 2.47. The molecule has 126 valence electrons. The Labute approximate surface area is 136 Å². The molecule has 6 heteroatoms. The van der Waals surface area contributed by atoms with Gasteiger partial charge in [0, 0.05) is 6.54 Å². The number of para-hydroxylation sites is 1. The van der Waals surface area contributed by atoms with E-state index in [2.05, 4.69) is 20.6 Å². The van der Waals surface area contributed by atoms with E-state index in [1.807, 2.05) is 39.0 Å². The highest BCUT2D eigenvalue weighted by atomic mass is 16.3. The average molecular weight is 318 g/mol. The van der Waals surface area contributed by atoms with Crippen LogP contribution in [0.5, 0.6) is 0 Å². The van der Waals surface area contributed by atoms with Crippen LogP contribution in [0.25, 0.3) is 11.0 Å². The maximum atomic E-state index is 11.9. The van der Waals surface area contributed by atoms with Crippen LogP contribution < -0.4 is 10.6 Å². The van der Waals surface area contributed by atoms with Gasteiger partial charge in [-0.25, -0.2) is 9.78 Å². The minimum atomic E-state index is -0.381. The largest absolute Gasteiger partial charge is 0.393 e. The molecule has 0 bridgehead atoms. The van der Waals surface area contributed by atoms with Crippen LogP contribution in [0.2, 0.25) is 0 Å². The van der Waals surface area contributed by atoms with E-state index in [0.717, 1.165) is 22.4 Å². The van der Waals surface area contributed by atoms with E-state index in [4.69, 9.17) is 0 Å². The second-order valence-electron chi connectivity index (χ2n) is 6.91. The number of hydrogen-bond acceptors (Lipinski definition) is 3. The van der Waals surface area contributed by atoms with Crippen LogP contribution in [0.15, 0.2) is 18.2 Å². The maximum absolute atomic E-state index is 11.9. The molecule has 0 aliphatic heterocycles. The van der Waals surface area contributed by atoms with Crippen LogP contribution in [-0.4, -0.2) is 33.8 Å². The number of aliphatic hydroxyl groups is 1. The quantitative estimate of drug-likeness (QED) is 0.659. The van der Waals surface area contributed by atoms with Crippen LogP contribution in [0.3, 0.4) is 0 Å². The van der Waals surface area contributed by atoms with Gasteiger partial charge >= 0.3 is 6.03 Å². The lowest BCUT2D eigenvalue weighted by atomic mass is 9.87. The topological polar surface area (TPSA) is 90.0 Å². The number of H-pyrrole nitrogens is 1. The Balaban J connectivity index is 1.85. The summed E-state index contributed by atoms with van der Waals surface area (Å²) in [6.45, 7) is 8.65. The number of benzene rings is 1. The number of carbonyl (C=O) groups is 1. The maximum Gasteiger partial charge on any atom is 0.315 e. The first kappa shape index (κ1) is 17.3. The van der Waals surface area contributed by atoms with Crippen molar-refractivity contribution in [2.24, 2.45) is 5.41 Å². The van der Waals surface area contributed by atoms with Crippen LogP contribution in [0.1, 0.15) is 38.6 Å². The fraction of sp³-hybridized carbons (Fsp3) is 0.529. The number of aliphatic hydroxyl groups excluding tert-OH is 1. The molecule has 0 saturated carbocycles. The van der Waals surface area contributed by atoms with Crippen LogP contribution >= 0.6 is 0 Å². The summed E-state index contributed by atoms with van der Waals surface area (Å²) in [5, 5.41) is 15.1. The van der Waals surface area contributed by atoms with Crippen molar-refractivity contribution in [2.75, 3.05) is 6.54 Å². The molecule has 0 aliphatic rings. The molecular formula is C17H26N4O2. The molecule has 1 aromatic carbocycles. The van der Waals surface area contributed by atoms with E-state index in [0.29, 0.717) is 19.5 Å². The molecule has 2 amide bonds. The highest BCUT2D eigenvalue weighted by Gasteiger charge is 2.21. The summed E-state index contributed by atoms with van der Waals surface area (Å²) in [5.74, 6) is 0.729. The molecule has 23 heavy (non-hydrogen) atoms. The highest BCUT2D eigenvalue weighted by molar-refractivity contribution is 5.78. The number of imidazole rings is 1. The Morgan fingerprint density at radius 1 is 1.39 bits per heavy atom. The van der Waals surface area contributed by atoms with E-state index in [1.54, 1.807) is 6.92 Å². The van der Waals surface area contributed by atoms with Crippen LogP contribution in [-0.2, 0) is 6.54 Å². The number of amides is 2. The summed E-state index contributed by atoms with van der Waals surface area (Å²) in [4.78, 5) is 19.6. The summed E-state index contributed by atoms with van der Waals surface area (Å²) >= 11 is 0. The Hall–Kier alpha value is -2.08. The number of urea groups is 1. The molecule has 0 spiro atoms. The molecule has 0 aliphatic carbocycles. The summed E-state index contributed by atoms with van der Waals surface area (Å²) < 4.78 is 0. The smallest absolute Gasteiger partial charge is 0.315 e. The Morgan fingerprint density at radius 3 is 2.78 bits per heavy atom. The van der Waals surface area contributed by atoms with Gasteiger partial charge in [-0.15, -0.1) is 0 Å². The van der Waals surface area contributed by atoms with E-state index < -0.39 is 0 Å². The van der Waals surface area contributed by atoms with E-state index in [1.165, 1.54) is 0 Å². The number of rotatable bonds is 6. The van der Waals surface area contributed by atoms with E-state index >= 15 is 0 Å². The molecule has 0 saturated heterocycles. The summed E-state index contributed by atoms with van der Waals surface area (Å²) in [7, 11) is 0. The average Bonchev–Trinajstić information content (AvgIpc) is 2.86. The number of nitrogens with one attached hydrogen (secondary N) is 3. The van der Waals surface area contributed by atoms with Crippen molar-refractivity contribution in [1.82, 2.24) is 20.6 Å². The van der Waals surface area contributed by atoms with Crippen molar-refractivity contribution >= 4 is 17.1 Å². The van der Waals surface area contributed by atoms with Crippen molar-refractivity contribution in [3.05, 3.63) is 29.6 Å². The summed E-state index contributed by atoms with van der Waals surface area (Å²) in [6, 6.07) is 5.72. The lowest BCUT2D eigenvalue weighted by Crippen LogP contribution is -2.41. The van der Waals surface area contributed by atoms with Gasteiger partial charge in [0.15, 0.2) is 0 Å². The van der Waals surface area contributed by atoms with E-state index in [-0.39, 0.29) is 17.6 Å². The van der Waals surface area contributed by atoms with Crippen molar-refractivity contribution in [3.8, 4) is 0 Å². The zero-order valence-corrected chi connectivity index (χ0v) is 14.2. The van der Waals surface area contributed by atoms with Gasteiger partial charge in [0.05, 0.1) is 23.7 Å². The molecule has 1 heterocycles. The molecule has 2 aromatic rings. The molecule has 1 unspecified atom stereocenters. The highest BCUT2D eigenvalue weighted by Crippen LogP contribution is 2.21. The van der Waals surface area contributed by atoms with Gasteiger partial charge in [-0.2, -0.15) is 0 Å². The van der Waals surface area contributed by atoms with Crippen LogP contribution in [0.4, 0.5) is 4.79 Å². The first-order valence-corrected chi connectivity index (χ1v) is 7.91. The lowest BCUT2D eigenvalue weighted by Gasteiger charge is -2.26. The first-order chi connectivity index (χ1) is 10.8. The minimum Gasteiger partial charge on any atom is -0.393 e. The van der Waals surface area contributed by atoms with Crippen molar-refractivity contribution in [2.45, 2.75) is 46.8 Å². The number of carbonyl (C=O) groups excluding carboxylic acids is 1. The number of hydrogen-bond donors (Lipinski definition) is 4. The van der Waals surface area contributed by atoms with Crippen molar-refractivity contribution in [3.63, 3.8) is 0 Å². The van der Waals surface area contributed by atoms with Crippen LogP contribution in [0, 0.1) is 12.3 Å². The standard InChI is InChI=1S/C17H26N4O2/c1-11-6-5-7-13-15(11)21-14(20-13)9-18-16(23)19-10-17(3,4)8-12(2)22/h5-7,12,22H,8-10H2,1-4H3,(H,20,21)(H2,18,19,23). The van der Waals surface area contributed by atoms with Crippen molar-refractivity contribution in [1.29, 1.82) is 0 Å². The number of nitrogens with zero attached hydrogens (tertiary/aromatic N) is 1. The Bertz CT molecular complexity index is 676. The second-order valence-corrected chi connectivity index (χ2v) is 6.91. The number of fused-ring (bicyclic) bond motifs is 1. The third kappa shape index (κ3) is 4.96. The third-order valence-corrected chi connectivity index (χ3v) is 3.76. The molecule has 6 nitrogen and oxygen atoms in total. The SMILES string of the molecule is Cc1cccc2[nH]c(CNC(=O)NCC(C)(C)CC(C)O)nc12. The Kier molecular flexibility index (Phi) is 5.26. The van der Waals surface area contributed by atoms with Crippen molar-refractivity contribution < 1.29 is 9.90 Å².